The molecular weight excluding hydrogens is 130 g/mol. The van der Waals surface area contributed by atoms with Crippen LogP contribution in [0.15, 0.2) is 0 Å². The third kappa shape index (κ3) is 4.32. The van der Waals surface area contributed by atoms with Gasteiger partial charge in [0.15, 0.2) is 0 Å². The maximum atomic E-state index is 9.66. The lowest BCUT2D eigenvalue weighted by Crippen LogP contribution is -2.26. The average Bonchev–Trinajstić information content (AvgIpc) is 1.98. The fourth-order valence-electron chi connectivity index (χ4n) is 0.748. The van der Waals surface area contributed by atoms with Gasteiger partial charge >= 0.3 is 6.47 Å². The third-order valence-electron chi connectivity index (χ3n) is 1.29. The molecule has 0 unspecified atom stereocenters. The van der Waals surface area contributed by atoms with E-state index in [1.165, 1.54) is 6.47 Å². The van der Waals surface area contributed by atoms with Gasteiger partial charge in [0, 0.05) is 6.54 Å². The van der Waals surface area contributed by atoms with Crippen molar-refractivity contribution in [3.8, 4) is 0 Å². The topological polar surface area (TPSA) is 29.5 Å². The van der Waals surface area contributed by atoms with Crippen molar-refractivity contribution in [2.45, 2.75) is 20.3 Å². The van der Waals surface area contributed by atoms with Gasteiger partial charge in [0.1, 0.15) is 6.73 Å². The van der Waals surface area contributed by atoms with E-state index in [0.717, 1.165) is 19.5 Å². The molecule has 0 atom stereocenters. The van der Waals surface area contributed by atoms with Gasteiger partial charge in [-0.25, -0.2) is 4.79 Å². The van der Waals surface area contributed by atoms with Crippen molar-refractivity contribution >= 4 is 6.47 Å². The van der Waals surface area contributed by atoms with Gasteiger partial charge in [0.05, 0.1) is 0 Å². The Bertz CT molecular complexity index is 85.7. The predicted octanol–water partition coefficient (Wildman–Crippen LogP) is 0.760. The molecule has 3 heteroatoms. The van der Waals surface area contributed by atoms with E-state index in [2.05, 4.69) is 11.7 Å². The van der Waals surface area contributed by atoms with Gasteiger partial charge in [-0.2, -0.15) is 0 Å². The van der Waals surface area contributed by atoms with Crippen molar-refractivity contribution in [3.05, 3.63) is 0 Å². The molecule has 0 rings (SSSR count). The Morgan fingerprint density at radius 1 is 1.50 bits per heavy atom. The first-order valence-electron chi connectivity index (χ1n) is 3.56. The number of rotatable bonds is 6. The Balaban J connectivity index is 3.29. The van der Waals surface area contributed by atoms with Crippen molar-refractivity contribution in [2.24, 2.45) is 0 Å². The Kier molecular flexibility index (Phi) is 6.18. The summed E-state index contributed by atoms with van der Waals surface area (Å²) in [5.41, 5.74) is 0. The molecule has 0 N–H and O–H groups in total. The first kappa shape index (κ1) is 9.43. The minimum absolute atomic E-state index is 0.369. The summed E-state index contributed by atoms with van der Waals surface area (Å²) in [5.74, 6) is 0. The second kappa shape index (κ2) is 6.55. The second-order valence-electron chi connectivity index (χ2n) is 2.07. The van der Waals surface area contributed by atoms with Crippen LogP contribution in [0.5, 0.6) is 0 Å². The van der Waals surface area contributed by atoms with Gasteiger partial charge in [-0.3, -0.25) is 4.90 Å². The van der Waals surface area contributed by atoms with Crippen LogP contribution in [0.1, 0.15) is 20.3 Å². The lowest BCUT2D eigenvalue weighted by Gasteiger charge is -2.16. The smallest absolute Gasteiger partial charge is 0.418 e. The molecule has 0 aromatic heterocycles. The summed E-state index contributed by atoms with van der Waals surface area (Å²) in [4.78, 5) is 11.7. The molecule has 0 bridgehead atoms. The van der Waals surface area contributed by atoms with Crippen molar-refractivity contribution < 1.29 is 9.53 Å². The molecule has 0 fully saturated rings. The molecule has 0 aliphatic rings. The average molecular weight is 144 g/mol. The summed E-state index contributed by atoms with van der Waals surface area (Å²) in [7, 11) is 0. The molecule has 0 saturated heterocycles. The summed E-state index contributed by atoms with van der Waals surface area (Å²) in [6.07, 6.45) is 1.08. The van der Waals surface area contributed by atoms with Crippen LogP contribution < -0.4 is 0 Å². The number of hydrogen-bond donors (Lipinski definition) is 0. The Labute approximate surface area is 62.0 Å². The largest absolute Gasteiger partial charge is 0.441 e. The Morgan fingerprint density at radius 2 is 2.20 bits per heavy atom. The highest BCUT2D eigenvalue weighted by atomic mass is 16.5. The van der Waals surface area contributed by atoms with Crippen LogP contribution in [0.3, 0.4) is 0 Å². The monoisotopic (exact) mass is 144 g/mol. The second-order valence-corrected chi connectivity index (χ2v) is 2.07. The lowest BCUT2D eigenvalue weighted by molar-refractivity contribution is 0.117. The van der Waals surface area contributed by atoms with Crippen LogP contribution in [0.2, 0.25) is 0 Å². The molecule has 0 aromatic carbocycles. The molecule has 10 heavy (non-hydrogen) atoms. The van der Waals surface area contributed by atoms with E-state index < -0.39 is 0 Å². The standard InChI is InChI=1S/C7H14NO2/c1-3-5-8(4-2)6-10-7-9/h3-6H2,1-2H3. The molecule has 0 heterocycles. The first-order chi connectivity index (χ1) is 4.85. The van der Waals surface area contributed by atoms with Crippen molar-refractivity contribution in [3.63, 3.8) is 0 Å². The zero-order valence-corrected chi connectivity index (χ0v) is 6.59. The molecule has 0 spiro atoms. The highest BCUT2D eigenvalue weighted by molar-refractivity contribution is 5.37. The van der Waals surface area contributed by atoms with E-state index in [9.17, 15) is 4.79 Å². The van der Waals surface area contributed by atoms with Gasteiger partial charge < -0.3 is 4.74 Å². The van der Waals surface area contributed by atoms with Crippen LogP contribution >= 0.6 is 0 Å². The molecule has 0 saturated carbocycles. The molecule has 59 valence electrons. The van der Waals surface area contributed by atoms with Gasteiger partial charge in [-0.05, 0) is 13.0 Å². The van der Waals surface area contributed by atoms with Crippen LogP contribution in [0, 0.1) is 0 Å². The minimum Gasteiger partial charge on any atom is -0.441 e. The highest BCUT2D eigenvalue weighted by Crippen LogP contribution is 1.89. The maximum Gasteiger partial charge on any atom is 0.418 e. The van der Waals surface area contributed by atoms with E-state index in [1.807, 2.05) is 11.8 Å². The van der Waals surface area contributed by atoms with Crippen molar-refractivity contribution in [1.82, 2.24) is 4.90 Å². The van der Waals surface area contributed by atoms with E-state index in [4.69, 9.17) is 0 Å². The molecule has 0 aliphatic carbocycles. The van der Waals surface area contributed by atoms with Crippen LogP contribution in [-0.4, -0.2) is 31.2 Å². The van der Waals surface area contributed by atoms with Crippen molar-refractivity contribution in [1.29, 1.82) is 0 Å². The maximum absolute atomic E-state index is 9.66. The van der Waals surface area contributed by atoms with Crippen LogP contribution in [0.25, 0.3) is 0 Å². The SMILES string of the molecule is CCCN(CC)CO[C]=O. The summed E-state index contributed by atoms with van der Waals surface area (Å²) in [5, 5.41) is 0. The quantitative estimate of drug-likeness (QED) is 0.515. The van der Waals surface area contributed by atoms with Crippen molar-refractivity contribution in [2.75, 3.05) is 19.8 Å². The van der Waals surface area contributed by atoms with E-state index in [1.54, 1.807) is 0 Å². The van der Waals surface area contributed by atoms with E-state index in [0.29, 0.717) is 6.73 Å². The van der Waals surface area contributed by atoms with Gasteiger partial charge in [-0.15, -0.1) is 0 Å². The molecule has 0 aliphatic heterocycles. The predicted molar refractivity (Wildman–Crippen MR) is 39.2 cm³/mol. The van der Waals surface area contributed by atoms with Crippen LogP contribution in [-0.2, 0) is 9.53 Å². The molecule has 3 nitrogen and oxygen atoms in total. The summed E-state index contributed by atoms with van der Waals surface area (Å²) in [6.45, 7) is 7.77. The van der Waals surface area contributed by atoms with Gasteiger partial charge in [0.2, 0.25) is 0 Å². The molecule has 1 radical (unpaired) electrons. The summed E-state index contributed by atoms with van der Waals surface area (Å²) >= 11 is 0. The summed E-state index contributed by atoms with van der Waals surface area (Å²) in [6, 6.07) is 0. The number of ether oxygens (including phenoxy) is 1. The molecular formula is C7H14NO2. The number of nitrogens with zero attached hydrogens (tertiary/aromatic N) is 1. The fraction of sp³-hybridized carbons (Fsp3) is 0.857. The molecule has 0 amide bonds. The zero-order chi connectivity index (χ0) is 7.82. The number of hydrogen-bond acceptors (Lipinski definition) is 3. The Morgan fingerprint density at radius 3 is 2.60 bits per heavy atom. The van der Waals surface area contributed by atoms with Gasteiger partial charge in [-0.1, -0.05) is 13.8 Å². The zero-order valence-electron chi connectivity index (χ0n) is 6.59. The minimum atomic E-state index is 0.369. The lowest BCUT2D eigenvalue weighted by atomic mass is 10.4. The number of carbonyl (C=O) groups excluding carboxylic acids is 1. The summed E-state index contributed by atoms with van der Waals surface area (Å²) < 4.78 is 4.46. The normalized spacial score (nSPS) is 9.90. The highest BCUT2D eigenvalue weighted by Gasteiger charge is 1.98. The van der Waals surface area contributed by atoms with E-state index >= 15 is 0 Å². The van der Waals surface area contributed by atoms with Crippen LogP contribution in [0.4, 0.5) is 0 Å². The Hall–Kier alpha value is -0.570. The third-order valence-corrected chi connectivity index (χ3v) is 1.29. The fourth-order valence-corrected chi connectivity index (χ4v) is 0.748. The van der Waals surface area contributed by atoms with E-state index in [-0.39, 0.29) is 0 Å². The first-order valence-corrected chi connectivity index (χ1v) is 3.56. The molecule has 0 aromatic rings. The van der Waals surface area contributed by atoms with Gasteiger partial charge in [0.25, 0.3) is 0 Å².